The van der Waals surface area contributed by atoms with Gasteiger partial charge in [-0.25, -0.2) is 0 Å². The highest BCUT2D eigenvalue weighted by Crippen LogP contribution is 2.17. The van der Waals surface area contributed by atoms with Gasteiger partial charge < -0.3 is 0 Å². The Balaban J connectivity index is 2.57. The van der Waals surface area contributed by atoms with Crippen LogP contribution in [-0.4, -0.2) is 0 Å². The number of allylic oxidation sites excluding steroid dienone is 4. The third-order valence-corrected chi connectivity index (χ3v) is 2.32. The van der Waals surface area contributed by atoms with Crippen LogP contribution in [0, 0.1) is 0 Å². The van der Waals surface area contributed by atoms with Gasteiger partial charge in [-0.2, -0.15) is 0 Å². The first-order valence-electron chi connectivity index (χ1n) is 4.96. The lowest BCUT2D eigenvalue weighted by Crippen LogP contribution is -1.77. The van der Waals surface area contributed by atoms with E-state index in [1.165, 1.54) is 0 Å². The van der Waals surface area contributed by atoms with Crippen molar-refractivity contribution < 1.29 is 0 Å². The van der Waals surface area contributed by atoms with Gasteiger partial charge in [0, 0.05) is 5.02 Å². The van der Waals surface area contributed by atoms with Crippen molar-refractivity contribution in [1.82, 2.24) is 0 Å². The molecule has 0 bridgehead atoms. The van der Waals surface area contributed by atoms with E-state index >= 15 is 0 Å². The molecule has 0 amide bonds. The van der Waals surface area contributed by atoms with Gasteiger partial charge in [0.25, 0.3) is 0 Å². The quantitative estimate of drug-likeness (QED) is 0.376. The Morgan fingerprint density at radius 1 is 1.20 bits per heavy atom. The first-order valence-corrected chi connectivity index (χ1v) is 5.34. The molecule has 0 saturated heterocycles. The Labute approximate surface area is 96.6 Å². The van der Waals surface area contributed by atoms with E-state index < -0.39 is 0 Å². The average molecular weight is 219 g/mol. The minimum Gasteiger partial charge on any atom is -0.103 e. The number of rotatable bonds is 5. The predicted molar refractivity (Wildman–Crippen MR) is 69.1 cm³/mol. The molecular weight excluding hydrogens is 204 g/mol. The fraction of sp³-hybridized carbons (Fsp3) is 0.143. The van der Waals surface area contributed by atoms with Crippen LogP contribution in [0.2, 0.25) is 5.02 Å². The lowest BCUT2D eigenvalue weighted by Gasteiger charge is -1.99. The third-order valence-electron chi connectivity index (χ3n) is 2.07. The van der Waals surface area contributed by atoms with Gasteiger partial charge in [-0.05, 0) is 36.1 Å². The summed E-state index contributed by atoms with van der Waals surface area (Å²) in [6, 6.07) is 7.70. The number of hydrogen-bond acceptors (Lipinski definition) is 0. The Bertz CT molecular complexity index is 357. The summed E-state index contributed by atoms with van der Waals surface area (Å²) in [5, 5.41) is 0.752. The van der Waals surface area contributed by atoms with E-state index in [1.807, 2.05) is 36.4 Å². The van der Waals surface area contributed by atoms with Gasteiger partial charge in [-0.15, -0.1) is 6.58 Å². The SMILES string of the molecule is C=CCCC=CC(=C)c1ccc(Cl)cc1. The third kappa shape index (κ3) is 4.18. The van der Waals surface area contributed by atoms with Crippen molar-refractivity contribution in [2.24, 2.45) is 0 Å². The van der Waals surface area contributed by atoms with Crippen molar-refractivity contribution in [2.45, 2.75) is 12.8 Å². The fourth-order valence-corrected chi connectivity index (χ4v) is 1.33. The summed E-state index contributed by atoms with van der Waals surface area (Å²) in [7, 11) is 0. The van der Waals surface area contributed by atoms with Crippen molar-refractivity contribution in [3.05, 3.63) is 66.2 Å². The van der Waals surface area contributed by atoms with E-state index in [-0.39, 0.29) is 0 Å². The van der Waals surface area contributed by atoms with E-state index in [2.05, 4.69) is 19.2 Å². The summed E-state index contributed by atoms with van der Waals surface area (Å²) in [4.78, 5) is 0. The van der Waals surface area contributed by atoms with Crippen LogP contribution in [0.5, 0.6) is 0 Å². The summed E-state index contributed by atoms with van der Waals surface area (Å²) < 4.78 is 0. The van der Waals surface area contributed by atoms with Crippen LogP contribution in [0.15, 0.2) is 55.7 Å². The number of benzene rings is 1. The summed E-state index contributed by atoms with van der Waals surface area (Å²) in [6.07, 6.45) is 8.07. The van der Waals surface area contributed by atoms with Crippen LogP contribution in [0.3, 0.4) is 0 Å². The van der Waals surface area contributed by atoms with Gasteiger partial charge in [0.05, 0.1) is 0 Å². The van der Waals surface area contributed by atoms with E-state index in [4.69, 9.17) is 11.6 Å². The molecule has 78 valence electrons. The molecule has 1 heteroatoms. The number of hydrogen-bond donors (Lipinski definition) is 0. The van der Waals surface area contributed by atoms with Gasteiger partial charge >= 0.3 is 0 Å². The topological polar surface area (TPSA) is 0 Å². The Morgan fingerprint density at radius 3 is 2.47 bits per heavy atom. The molecule has 1 rings (SSSR count). The highest BCUT2D eigenvalue weighted by atomic mass is 35.5. The lowest BCUT2D eigenvalue weighted by atomic mass is 10.1. The molecule has 0 heterocycles. The maximum absolute atomic E-state index is 5.80. The lowest BCUT2D eigenvalue weighted by molar-refractivity contribution is 1.06. The summed E-state index contributed by atoms with van der Waals surface area (Å²) in [5.74, 6) is 0. The molecule has 0 atom stereocenters. The molecule has 0 nitrogen and oxygen atoms in total. The molecule has 0 aliphatic carbocycles. The maximum atomic E-state index is 5.80. The molecular formula is C14H15Cl. The molecule has 0 aliphatic rings. The van der Waals surface area contributed by atoms with Crippen LogP contribution in [0.25, 0.3) is 5.57 Å². The van der Waals surface area contributed by atoms with Gasteiger partial charge in [0.15, 0.2) is 0 Å². The zero-order valence-corrected chi connectivity index (χ0v) is 9.50. The normalized spacial score (nSPS) is 10.5. The van der Waals surface area contributed by atoms with Gasteiger partial charge in [-0.3, -0.25) is 0 Å². The van der Waals surface area contributed by atoms with E-state index in [0.29, 0.717) is 0 Å². The molecule has 0 N–H and O–H groups in total. The molecule has 0 unspecified atom stereocenters. The standard InChI is InChI=1S/C14H15Cl/c1-3-4-5-6-7-12(2)13-8-10-14(15)11-9-13/h3,6-11H,1-2,4-5H2. The molecule has 15 heavy (non-hydrogen) atoms. The monoisotopic (exact) mass is 218 g/mol. The smallest absolute Gasteiger partial charge is 0.0406 e. The second kappa shape index (κ2) is 6.26. The Kier molecular flexibility index (Phi) is 4.92. The first kappa shape index (κ1) is 11.8. The Morgan fingerprint density at radius 2 is 1.87 bits per heavy atom. The first-order chi connectivity index (χ1) is 7.24. The molecule has 0 aromatic heterocycles. The number of unbranched alkanes of at least 4 members (excludes halogenated alkanes) is 1. The molecule has 0 fully saturated rings. The fourth-order valence-electron chi connectivity index (χ4n) is 1.20. The molecule has 0 radical (unpaired) electrons. The van der Waals surface area contributed by atoms with E-state index in [0.717, 1.165) is 29.0 Å². The second-order valence-electron chi connectivity index (χ2n) is 3.30. The predicted octanol–water partition coefficient (Wildman–Crippen LogP) is 4.88. The van der Waals surface area contributed by atoms with E-state index in [1.54, 1.807) is 0 Å². The van der Waals surface area contributed by atoms with Crippen molar-refractivity contribution >= 4 is 17.2 Å². The van der Waals surface area contributed by atoms with Crippen LogP contribution >= 0.6 is 11.6 Å². The molecule has 1 aromatic carbocycles. The van der Waals surface area contributed by atoms with Crippen LogP contribution < -0.4 is 0 Å². The zero-order valence-electron chi connectivity index (χ0n) is 8.75. The summed E-state index contributed by atoms with van der Waals surface area (Å²) in [6.45, 7) is 7.67. The number of halogens is 1. The van der Waals surface area contributed by atoms with Crippen LogP contribution in [0.4, 0.5) is 0 Å². The summed E-state index contributed by atoms with van der Waals surface area (Å²) in [5.41, 5.74) is 2.12. The Hall–Kier alpha value is -1.27. The average Bonchev–Trinajstić information content (AvgIpc) is 2.25. The van der Waals surface area contributed by atoms with Crippen LogP contribution in [0.1, 0.15) is 18.4 Å². The van der Waals surface area contributed by atoms with E-state index in [9.17, 15) is 0 Å². The van der Waals surface area contributed by atoms with Gasteiger partial charge in [0.2, 0.25) is 0 Å². The highest BCUT2D eigenvalue weighted by Gasteiger charge is 1.94. The molecule has 0 spiro atoms. The molecule has 0 aliphatic heterocycles. The minimum absolute atomic E-state index is 0.752. The maximum Gasteiger partial charge on any atom is 0.0406 e. The molecule has 0 saturated carbocycles. The van der Waals surface area contributed by atoms with Gasteiger partial charge in [-0.1, -0.05) is 48.5 Å². The van der Waals surface area contributed by atoms with Crippen molar-refractivity contribution in [3.63, 3.8) is 0 Å². The van der Waals surface area contributed by atoms with Crippen molar-refractivity contribution in [2.75, 3.05) is 0 Å². The van der Waals surface area contributed by atoms with Crippen molar-refractivity contribution in [1.29, 1.82) is 0 Å². The zero-order chi connectivity index (χ0) is 11.1. The largest absolute Gasteiger partial charge is 0.103 e. The van der Waals surface area contributed by atoms with Crippen molar-refractivity contribution in [3.8, 4) is 0 Å². The molecule has 1 aromatic rings. The highest BCUT2D eigenvalue weighted by molar-refractivity contribution is 6.30. The summed E-state index contributed by atoms with van der Waals surface area (Å²) >= 11 is 5.80. The second-order valence-corrected chi connectivity index (χ2v) is 3.74. The van der Waals surface area contributed by atoms with Crippen LogP contribution in [-0.2, 0) is 0 Å². The minimum atomic E-state index is 0.752. The van der Waals surface area contributed by atoms with Gasteiger partial charge in [0.1, 0.15) is 0 Å².